The maximum Gasteiger partial charge on any atom is 0.573 e. The van der Waals surface area contributed by atoms with E-state index in [2.05, 4.69) is 15.4 Å². The van der Waals surface area contributed by atoms with Crippen molar-refractivity contribution in [3.63, 3.8) is 0 Å². The average Bonchev–Trinajstić information content (AvgIpc) is 3.34. The summed E-state index contributed by atoms with van der Waals surface area (Å²) in [7, 11) is 0. The molecule has 0 aromatic heterocycles. The third-order valence-corrected chi connectivity index (χ3v) is 8.15. The van der Waals surface area contributed by atoms with Gasteiger partial charge in [0.15, 0.2) is 0 Å². The van der Waals surface area contributed by atoms with Gasteiger partial charge in [-0.2, -0.15) is 0 Å². The number of aliphatic carboxylic acids is 1. The Morgan fingerprint density at radius 1 is 1.31 bits per heavy atom. The molecule has 6 unspecified atom stereocenters. The Labute approximate surface area is 209 Å². The Balaban J connectivity index is 1.33. The number of fused-ring (bicyclic) bond motifs is 1. The lowest BCUT2D eigenvalue weighted by atomic mass is 9.79. The number of carbonyl (C=O) groups excluding carboxylic acids is 2. The van der Waals surface area contributed by atoms with Gasteiger partial charge in [0.05, 0.1) is 24.1 Å². The summed E-state index contributed by atoms with van der Waals surface area (Å²) >= 11 is 1.34. The number of hydrogen-bond acceptors (Lipinski definition) is 7. The van der Waals surface area contributed by atoms with Crippen LogP contribution in [0.5, 0.6) is 5.75 Å². The van der Waals surface area contributed by atoms with E-state index >= 15 is 0 Å². The fourth-order valence-corrected chi connectivity index (χ4v) is 6.45. The van der Waals surface area contributed by atoms with Gasteiger partial charge in [-0.25, -0.2) is 4.79 Å². The Hall–Kier alpha value is -2.77. The molecular formula is C23H26F3N3O6S. The standard InChI is InChI=1S/C23H26F3N3O6S/c1-10-17-16(11(2)30)21(32)29(17)18(22(33)34)19(10)36-14-7-15(27-9-14)20(31)28-8-12-3-5-13(6-4-12)35-23(24,25)26/h3-6,10-11,14-17,27,30H,7-9H2,1-2H3,(H,28,31)(H,33,34). The fourth-order valence-electron chi connectivity index (χ4n) is 4.97. The number of halogens is 3. The molecule has 1 aromatic carbocycles. The van der Waals surface area contributed by atoms with Crippen LogP contribution in [0, 0.1) is 11.8 Å². The Kier molecular flexibility index (Phi) is 7.26. The minimum absolute atomic E-state index is 0.0507. The molecule has 4 N–H and O–H groups in total. The van der Waals surface area contributed by atoms with E-state index in [0.29, 0.717) is 23.4 Å². The van der Waals surface area contributed by atoms with E-state index in [0.717, 1.165) is 0 Å². The average molecular weight is 530 g/mol. The summed E-state index contributed by atoms with van der Waals surface area (Å²) in [5.41, 5.74) is 0.546. The number of ether oxygens (including phenoxy) is 1. The lowest BCUT2D eigenvalue weighted by Crippen LogP contribution is -2.63. The van der Waals surface area contributed by atoms with E-state index in [9.17, 15) is 37.8 Å². The van der Waals surface area contributed by atoms with Crippen LogP contribution in [0.25, 0.3) is 0 Å². The summed E-state index contributed by atoms with van der Waals surface area (Å²) in [4.78, 5) is 38.9. The SMILES string of the molecule is CC(O)C1C(=O)N2C(C(=O)O)=C(SC3CNC(C(=O)NCc4ccc(OC(F)(F)F)cc4)C3)C(C)C12. The number of alkyl halides is 3. The van der Waals surface area contributed by atoms with Crippen molar-refractivity contribution in [1.29, 1.82) is 0 Å². The minimum Gasteiger partial charge on any atom is -0.477 e. The summed E-state index contributed by atoms with van der Waals surface area (Å²) in [5.74, 6) is -3.12. The van der Waals surface area contributed by atoms with Crippen LogP contribution in [0.15, 0.2) is 34.9 Å². The Morgan fingerprint density at radius 3 is 2.56 bits per heavy atom. The van der Waals surface area contributed by atoms with Gasteiger partial charge in [0.25, 0.3) is 0 Å². The summed E-state index contributed by atoms with van der Waals surface area (Å²) in [6.45, 7) is 3.93. The molecule has 0 radical (unpaired) electrons. The highest BCUT2D eigenvalue weighted by Crippen LogP contribution is 2.51. The number of carboxylic acids is 1. The number of nitrogens with one attached hydrogen (secondary N) is 2. The lowest BCUT2D eigenvalue weighted by molar-refractivity contribution is -0.274. The monoisotopic (exact) mass is 529 g/mol. The summed E-state index contributed by atoms with van der Waals surface area (Å²) in [6.07, 6.45) is -5.23. The number of carboxylic acid groups (broad SMARTS) is 1. The normalized spacial score (nSPS) is 28.6. The first-order chi connectivity index (χ1) is 16.9. The molecule has 1 aromatic rings. The third kappa shape index (κ3) is 5.18. The third-order valence-electron chi connectivity index (χ3n) is 6.64. The van der Waals surface area contributed by atoms with Gasteiger partial charge < -0.3 is 30.5 Å². The molecule has 13 heteroatoms. The van der Waals surface area contributed by atoms with Crippen molar-refractivity contribution < 1.29 is 42.5 Å². The number of nitrogens with zero attached hydrogens (tertiary/aromatic N) is 1. The largest absolute Gasteiger partial charge is 0.573 e. The van der Waals surface area contributed by atoms with Crippen LogP contribution in [0.3, 0.4) is 0 Å². The first-order valence-corrected chi connectivity index (χ1v) is 12.3. The zero-order chi connectivity index (χ0) is 26.4. The highest BCUT2D eigenvalue weighted by Gasteiger charge is 2.60. The Morgan fingerprint density at radius 2 is 1.97 bits per heavy atom. The van der Waals surface area contributed by atoms with Crippen molar-refractivity contribution in [3.8, 4) is 5.75 Å². The number of rotatable bonds is 8. The number of benzene rings is 1. The van der Waals surface area contributed by atoms with Crippen LogP contribution in [-0.2, 0) is 20.9 Å². The van der Waals surface area contributed by atoms with Crippen LogP contribution in [0.1, 0.15) is 25.8 Å². The van der Waals surface area contributed by atoms with Crippen LogP contribution in [0.4, 0.5) is 13.2 Å². The molecule has 3 aliphatic heterocycles. The topological polar surface area (TPSA) is 128 Å². The zero-order valence-electron chi connectivity index (χ0n) is 19.4. The van der Waals surface area contributed by atoms with Gasteiger partial charge in [0.2, 0.25) is 11.8 Å². The van der Waals surface area contributed by atoms with Gasteiger partial charge in [0, 0.05) is 29.2 Å². The van der Waals surface area contributed by atoms with Gasteiger partial charge in [-0.1, -0.05) is 19.1 Å². The molecule has 2 saturated heterocycles. The molecule has 6 atom stereocenters. The quantitative estimate of drug-likeness (QED) is 0.376. The van der Waals surface area contributed by atoms with E-state index in [1.807, 2.05) is 6.92 Å². The molecule has 3 aliphatic rings. The van der Waals surface area contributed by atoms with Gasteiger partial charge in [0.1, 0.15) is 11.4 Å². The predicted molar refractivity (Wildman–Crippen MR) is 122 cm³/mol. The van der Waals surface area contributed by atoms with Gasteiger partial charge >= 0.3 is 12.3 Å². The summed E-state index contributed by atoms with van der Waals surface area (Å²) in [5, 5.41) is 25.5. The molecule has 0 aliphatic carbocycles. The van der Waals surface area contributed by atoms with E-state index in [1.165, 1.54) is 47.9 Å². The molecule has 9 nitrogen and oxygen atoms in total. The number of β-lactam (4-membered cyclic amide) rings is 1. The predicted octanol–water partition coefficient (Wildman–Crippen LogP) is 1.82. The maximum atomic E-state index is 12.6. The second-order valence-corrected chi connectivity index (χ2v) is 10.5. The van der Waals surface area contributed by atoms with Crippen LogP contribution in [0.2, 0.25) is 0 Å². The van der Waals surface area contributed by atoms with Crippen molar-refractivity contribution >= 4 is 29.5 Å². The molecule has 36 heavy (non-hydrogen) atoms. The van der Waals surface area contributed by atoms with E-state index in [-0.39, 0.29) is 35.1 Å². The van der Waals surface area contributed by atoms with E-state index in [1.54, 1.807) is 0 Å². The number of aliphatic hydroxyl groups is 1. The van der Waals surface area contributed by atoms with Crippen LogP contribution >= 0.6 is 11.8 Å². The van der Waals surface area contributed by atoms with Crippen molar-refractivity contribution in [2.45, 2.75) is 56.6 Å². The molecule has 4 rings (SSSR count). The van der Waals surface area contributed by atoms with Crippen molar-refractivity contribution in [3.05, 3.63) is 40.4 Å². The summed E-state index contributed by atoms with van der Waals surface area (Å²) < 4.78 is 40.6. The minimum atomic E-state index is -4.78. The van der Waals surface area contributed by atoms with Gasteiger partial charge in [-0.05, 0) is 31.0 Å². The zero-order valence-corrected chi connectivity index (χ0v) is 20.2. The van der Waals surface area contributed by atoms with Crippen LogP contribution < -0.4 is 15.4 Å². The molecule has 0 bridgehead atoms. The number of amides is 2. The molecule has 0 saturated carbocycles. The summed E-state index contributed by atoms with van der Waals surface area (Å²) in [6, 6.07) is 4.27. The fraction of sp³-hybridized carbons (Fsp3) is 0.522. The van der Waals surface area contributed by atoms with E-state index in [4.69, 9.17) is 0 Å². The van der Waals surface area contributed by atoms with Crippen LogP contribution in [-0.4, -0.2) is 69.2 Å². The molecule has 2 amide bonds. The highest BCUT2D eigenvalue weighted by atomic mass is 32.2. The van der Waals surface area contributed by atoms with Crippen molar-refractivity contribution in [2.75, 3.05) is 6.54 Å². The number of thioether (sulfide) groups is 1. The highest BCUT2D eigenvalue weighted by molar-refractivity contribution is 8.03. The molecule has 3 heterocycles. The van der Waals surface area contributed by atoms with Crippen molar-refractivity contribution in [1.82, 2.24) is 15.5 Å². The lowest BCUT2D eigenvalue weighted by Gasteiger charge is -2.46. The van der Waals surface area contributed by atoms with E-state index < -0.39 is 42.3 Å². The molecule has 0 spiro atoms. The van der Waals surface area contributed by atoms with Gasteiger partial charge in [-0.15, -0.1) is 24.9 Å². The Bertz CT molecular complexity index is 1080. The van der Waals surface area contributed by atoms with Gasteiger partial charge in [-0.3, -0.25) is 9.59 Å². The molecule has 2 fully saturated rings. The number of hydrogen-bond donors (Lipinski definition) is 4. The maximum absolute atomic E-state index is 12.6. The van der Waals surface area contributed by atoms with Crippen molar-refractivity contribution in [2.24, 2.45) is 11.8 Å². The number of aliphatic hydroxyl groups excluding tert-OH is 1. The first kappa shape index (κ1) is 26.3. The number of carbonyl (C=O) groups is 3. The molecule has 196 valence electrons. The second-order valence-electron chi connectivity index (χ2n) is 9.12. The second kappa shape index (κ2) is 9.94. The smallest absolute Gasteiger partial charge is 0.477 e. The first-order valence-electron chi connectivity index (χ1n) is 11.4. The molecular weight excluding hydrogens is 503 g/mol.